The van der Waals surface area contributed by atoms with Gasteiger partial charge in [0.25, 0.3) is 0 Å². The largest absolute Gasteiger partial charge is 0.454 e. The van der Waals surface area contributed by atoms with Crippen molar-refractivity contribution in [1.29, 1.82) is 0 Å². The number of anilines is 1. The van der Waals surface area contributed by atoms with Crippen LogP contribution in [0.2, 0.25) is 5.02 Å². The molecular weight excluding hydrogens is 404 g/mol. The number of hydrogen-bond donors (Lipinski definition) is 1. The average molecular weight is 431 g/mol. The molecule has 0 spiro atoms. The molecule has 2 atom stereocenters. The van der Waals surface area contributed by atoms with Crippen molar-refractivity contribution in [3.05, 3.63) is 47.1 Å². The molecule has 0 bridgehead atoms. The van der Waals surface area contributed by atoms with Crippen LogP contribution in [-0.2, 0) is 6.54 Å². The number of benzene rings is 1. The number of aliphatic hydroxyl groups excluding tert-OH is 1. The fraction of sp³-hybridized carbons (Fsp3) is 0.500. The van der Waals surface area contributed by atoms with Crippen LogP contribution in [0.15, 0.2) is 36.5 Å². The van der Waals surface area contributed by atoms with E-state index in [1.54, 1.807) is 0 Å². The molecule has 2 saturated heterocycles. The van der Waals surface area contributed by atoms with Gasteiger partial charge in [-0.15, -0.1) is 0 Å². The van der Waals surface area contributed by atoms with E-state index in [9.17, 15) is 5.11 Å². The van der Waals surface area contributed by atoms with Gasteiger partial charge >= 0.3 is 0 Å². The second-order valence-corrected chi connectivity index (χ2v) is 8.57. The van der Waals surface area contributed by atoms with Gasteiger partial charge < -0.3 is 19.5 Å². The summed E-state index contributed by atoms with van der Waals surface area (Å²) >= 11 is 6.44. The third-order valence-corrected chi connectivity index (χ3v) is 6.67. The van der Waals surface area contributed by atoms with Gasteiger partial charge in [0, 0.05) is 69.1 Å². The Balaban J connectivity index is 1.16. The van der Waals surface area contributed by atoms with Crippen molar-refractivity contribution in [2.24, 2.45) is 0 Å². The molecule has 0 radical (unpaired) electrons. The lowest BCUT2D eigenvalue weighted by Crippen LogP contribution is -2.58. The summed E-state index contributed by atoms with van der Waals surface area (Å²) in [5.41, 5.74) is 1.01. The van der Waals surface area contributed by atoms with Crippen molar-refractivity contribution in [2.75, 3.05) is 51.0 Å². The molecule has 1 aromatic carbocycles. The maximum atomic E-state index is 10.9. The number of aromatic nitrogens is 1. The van der Waals surface area contributed by atoms with Crippen molar-refractivity contribution >= 4 is 17.4 Å². The second-order valence-electron chi connectivity index (χ2n) is 8.17. The summed E-state index contributed by atoms with van der Waals surface area (Å²) in [6, 6.07) is 10.0. The van der Waals surface area contributed by atoms with Crippen molar-refractivity contribution in [3.63, 3.8) is 0 Å². The molecule has 2 fully saturated rings. The van der Waals surface area contributed by atoms with Gasteiger partial charge in [0.05, 0.1) is 6.10 Å². The van der Waals surface area contributed by atoms with Crippen LogP contribution in [0.3, 0.4) is 0 Å². The minimum Gasteiger partial charge on any atom is -0.454 e. The topological polar surface area (TPSA) is 61.3 Å². The number of fused-ring (bicyclic) bond motifs is 1. The number of pyridine rings is 1. The summed E-state index contributed by atoms with van der Waals surface area (Å²) in [6.45, 7) is 6.31. The van der Waals surface area contributed by atoms with E-state index < -0.39 is 0 Å². The first-order valence-electron chi connectivity index (χ1n) is 10.6. The van der Waals surface area contributed by atoms with E-state index in [0.717, 1.165) is 56.3 Å². The number of β-amino-alcohol motifs (C(OH)–C–C–N with tert-alkyl or cyclic N) is 1. The van der Waals surface area contributed by atoms with Crippen LogP contribution >= 0.6 is 11.6 Å². The molecule has 5 rings (SSSR count). The zero-order chi connectivity index (χ0) is 20.5. The van der Waals surface area contributed by atoms with Crippen LogP contribution in [0.4, 0.5) is 5.82 Å². The van der Waals surface area contributed by atoms with E-state index in [1.165, 1.54) is 0 Å². The summed E-state index contributed by atoms with van der Waals surface area (Å²) < 4.78 is 10.9. The molecular formula is C22H27ClN4O3. The highest BCUT2D eigenvalue weighted by Crippen LogP contribution is 2.37. The summed E-state index contributed by atoms with van der Waals surface area (Å²) in [6.07, 6.45) is 2.42. The third-order valence-electron chi connectivity index (χ3n) is 6.32. The van der Waals surface area contributed by atoms with E-state index in [1.807, 2.05) is 30.5 Å². The fourth-order valence-electron chi connectivity index (χ4n) is 4.70. The lowest BCUT2D eigenvalue weighted by atomic mass is 9.98. The van der Waals surface area contributed by atoms with Gasteiger partial charge in [-0.1, -0.05) is 17.7 Å². The van der Waals surface area contributed by atoms with Crippen molar-refractivity contribution in [1.82, 2.24) is 14.8 Å². The van der Waals surface area contributed by atoms with Crippen LogP contribution in [0.5, 0.6) is 11.5 Å². The molecule has 0 saturated carbocycles. The Morgan fingerprint density at radius 1 is 1.07 bits per heavy atom. The summed E-state index contributed by atoms with van der Waals surface area (Å²) in [7, 11) is 0. The minimum absolute atomic E-state index is 0.208. The Morgan fingerprint density at radius 3 is 2.60 bits per heavy atom. The first-order valence-corrected chi connectivity index (χ1v) is 10.9. The Hall–Kier alpha value is -2.06. The Morgan fingerprint density at radius 2 is 1.87 bits per heavy atom. The Bertz CT molecular complexity index is 876. The minimum atomic E-state index is -0.368. The number of likely N-dealkylation sites (tertiary alicyclic amines) is 1. The van der Waals surface area contributed by atoms with Crippen LogP contribution in [-0.4, -0.2) is 78.1 Å². The maximum Gasteiger partial charge on any atom is 0.231 e. The number of halogens is 1. The molecule has 8 heteroatoms. The van der Waals surface area contributed by atoms with Gasteiger partial charge in [-0.05, 0) is 30.2 Å². The number of ether oxygens (including phenoxy) is 2. The van der Waals surface area contributed by atoms with E-state index in [-0.39, 0.29) is 18.9 Å². The van der Waals surface area contributed by atoms with E-state index in [0.29, 0.717) is 23.9 Å². The standard InChI is InChI=1S/C22H27ClN4O3/c23-17-12-21-20(29-15-30-21)11-16(17)13-25-6-4-18(19(28)14-25)26-7-9-27(10-8-26)22-3-1-2-5-24-22/h1-3,5,11-12,18-19,28H,4,6-10,13-15H2/t18-,19-/m1/s1. The number of piperazine rings is 1. The molecule has 2 aromatic rings. The highest BCUT2D eigenvalue weighted by atomic mass is 35.5. The molecule has 0 aliphatic carbocycles. The van der Waals surface area contributed by atoms with Gasteiger partial charge in [0.15, 0.2) is 11.5 Å². The maximum absolute atomic E-state index is 10.9. The highest BCUT2D eigenvalue weighted by Gasteiger charge is 2.34. The lowest BCUT2D eigenvalue weighted by molar-refractivity contribution is -0.0172. The van der Waals surface area contributed by atoms with Gasteiger partial charge in [-0.25, -0.2) is 4.98 Å². The zero-order valence-corrected chi connectivity index (χ0v) is 17.7. The predicted octanol–water partition coefficient (Wildman–Crippen LogP) is 2.22. The summed E-state index contributed by atoms with van der Waals surface area (Å²) in [4.78, 5) is 11.5. The number of rotatable bonds is 4. The molecule has 1 N–H and O–H groups in total. The van der Waals surface area contributed by atoms with Gasteiger partial charge in [-0.2, -0.15) is 0 Å². The monoisotopic (exact) mass is 430 g/mol. The normalized spacial score (nSPS) is 24.9. The first kappa shape index (κ1) is 19.9. The number of hydrogen-bond acceptors (Lipinski definition) is 7. The van der Waals surface area contributed by atoms with Gasteiger partial charge in [0.2, 0.25) is 6.79 Å². The quantitative estimate of drug-likeness (QED) is 0.798. The molecule has 4 heterocycles. The second kappa shape index (κ2) is 8.59. The predicted molar refractivity (Wildman–Crippen MR) is 115 cm³/mol. The number of piperidine rings is 1. The molecule has 0 amide bonds. The molecule has 7 nitrogen and oxygen atoms in total. The Kier molecular flexibility index (Phi) is 5.69. The zero-order valence-electron chi connectivity index (χ0n) is 16.9. The molecule has 3 aliphatic heterocycles. The number of nitrogens with zero attached hydrogens (tertiary/aromatic N) is 4. The van der Waals surface area contributed by atoms with Crippen LogP contribution in [0.25, 0.3) is 0 Å². The first-order chi connectivity index (χ1) is 14.7. The van der Waals surface area contributed by atoms with Crippen LogP contribution in [0, 0.1) is 0 Å². The molecule has 1 aromatic heterocycles. The average Bonchev–Trinajstić information content (AvgIpc) is 3.22. The molecule has 3 aliphatic rings. The van der Waals surface area contributed by atoms with Crippen molar-refractivity contribution in [2.45, 2.75) is 25.1 Å². The summed E-state index contributed by atoms with van der Waals surface area (Å²) in [5, 5.41) is 11.6. The van der Waals surface area contributed by atoms with E-state index >= 15 is 0 Å². The van der Waals surface area contributed by atoms with Crippen LogP contribution < -0.4 is 14.4 Å². The Labute approximate surface area is 181 Å². The molecule has 0 unspecified atom stereocenters. The third kappa shape index (κ3) is 4.07. The fourth-order valence-corrected chi connectivity index (χ4v) is 4.91. The molecule has 160 valence electrons. The SMILES string of the molecule is O[C@@H]1CN(Cc2cc3c(cc2Cl)OCO3)CC[C@H]1N1CCN(c2ccccn2)CC1. The van der Waals surface area contributed by atoms with Crippen molar-refractivity contribution in [3.8, 4) is 11.5 Å². The molecule has 30 heavy (non-hydrogen) atoms. The van der Waals surface area contributed by atoms with Crippen LogP contribution in [0.1, 0.15) is 12.0 Å². The number of aliphatic hydroxyl groups is 1. The van der Waals surface area contributed by atoms with Crippen molar-refractivity contribution < 1.29 is 14.6 Å². The smallest absolute Gasteiger partial charge is 0.231 e. The lowest BCUT2D eigenvalue weighted by Gasteiger charge is -2.45. The van der Waals surface area contributed by atoms with E-state index in [2.05, 4.69) is 25.8 Å². The summed E-state index contributed by atoms with van der Waals surface area (Å²) in [5.74, 6) is 2.48. The van der Waals surface area contributed by atoms with Gasteiger partial charge in [-0.3, -0.25) is 9.80 Å². The van der Waals surface area contributed by atoms with E-state index in [4.69, 9.17) is 21.1 Å². The van der Waals surface area contributed by atoms with Gasteiger partial charge in [0.1, 0.15) is 5.82 Å². The highest BCUT2D eigenvalue weighted by molar-refractivity contribution is 6.31.